The van der Waals surface area contributed by atoms with Crippen molar-refractivity contribution < 1.29 is 14.4 Å². The van der Waals surface area contributed by atoms with Crippen LogP contribution in [0.1, 0.15) is 11.1 Å². The molecule has 3 amide bonds. The molecule has 1 fully saturated rings. The molecular formula is C28H21Cl2N3O3S2. The summed E-state index contributed by atoms with van der Waals surface area (Å²) >= 11 is 14.8. The van der Waals surface area contributed by atoms with Gasteiger partial charge in [-0.25, -0.2) is 0 Å². The average Bonchev–Trinajstić information content (AvgIpc) is 3.37. The van der Waals surface area contributed by atoms with E-state index in [0.717, 1.165) is 43.6 Å². The van der Waals surface area contributed by atoms with Crippen LogP contribution in [-0.2, 0) is 16.1 Å². The second-order valence-corrected chi connectivity index (χ2v) is 11.2. The largest absolute Gasteiger partial charge is 0.342 e. The van der Waals surface area contributed by atoms with Crippen LogP contribution in [0.4, 0.5) is 10.5 Å². The lowest BCUT2D eigenvalue weighted by molar-refractivity contribution is -0.127. The van der Waals surface area contributed by atoms with Crippen LogP contribution in [0.2, 0.25) is 10.0 Å². The average molecular weight is 583 g/mol. The van der Waals surface area contributed by atoms with Crippen LogP contribution >= 0.6 is 46.7 Å². The summed E-state index contributed by atoms with van der Waals surface area (Å²) in [4.78, 5) is 40.6. The zero-order valence-electron chi connectivity index (χ0n) is 20.1. The SMILES string of the molecule is CSc1cccc(NC(=O)CN2C(=O)S/C(=C/c3cn(Cc4ccc(Cl)cc4Cl)c4ccccc34)C2=O)c1. The van der Waals surface area contributed by atoms with Gasteiger partial charge in [0.1, 0.15) is 6.54 Å². The summed E-state index contributed by atoms with van der Waals surface area (Å²) in [6.07, 6.45) is 5.57. The number of hydrogen-bond donors (Lipinski definition) is 1. The van der Waals surface area contributed by atoms with Gasteiger partial charge >= 0.3 is 0 Å². The normalized spacial score (nSPS) is 14.6. The minimum absolute atomic E-state index is 0.264. The third-order valence-electron chi connectivity index (χ3n) is 5.99. The number of aromatic nitrogens is 1. The number of amides is 3. The van der Waals surface area contributed by atoms with Crippen molar-refractivity contribution in [3.05, 3.63) is 99.0 Å². The van der Waals surface area contributed by atoms with Crippen LogP contribution < -0.4 is 5.32 Å². The van der Waals surface area contributed by atoms with E-state index >= 15 is 0 Å². The van der Waals surface area contributed by atoms with Crippen molar-refractivity contribution in [2.75, 3.05) is 18.1 Å². The second-order valence-electron chi connectivity index (χ2n) is 8.51. The summed E-state index contributed by atoms with van der Waals surface area (Å²) in [5.74, 6) is -0.936. The molecule has 4 aromatic rings. The maximum Gasteiger partial charge on any atom is 0.294 e. The number of nitrogens with zero attached hydrogens (tertiary/aromatic N) is 2. The van der Waals surface area contributed by atoms with E-state index in [1.807, 2.05) is 65.6 Å². The highest BCUT2D eigenvalue weighted by atomic mass is 35.5. The predicted molar refractivity (Wildman–Crippen MR) is 157 cm³/mol. The molecule has 0 radical (unpaired) electrons. The van der Waals surface area contributed by atoms with E-state index in [2.05, 4.69) is 5.32 Å². The van der Waals surface area contributed by atoms with Gasteiger partial charge in [-0.2, -0.15) is 0 Å². The number of hydrogen-bond acceptors (Lipinski definition) is 5. The molecule has 1 N–H and O–H groups in total. The summed E-state index contributed by atoms with van der Waals surface area (Å²) in [7, 11) is 0. The zero-order valence-corrected chi connectivity index (χ0v) is 23.3. The van der Waals surface area contributed by atoms with Gasteiger partial charge in [-0.15, -0.1) is 11.8 Å². The van der Waals surface area contributed by atoms with Gasteiger partial charge < -0.3 is 9.88 Å². The van der Waals surface area contributed by atoms with E-state index in [1.165, 1.54) is 0 Å². The van der Waals surface area contributed by atoms with Gasteiger partial charge in [0, 0.05) is 49.8 Å². The molecule has 0 aliphatic carbocycles. The van der Waals surface area contributed by atoms with Crippen LogP contribution in [0.25, 0.3) is 17.0 Å². The first-order valence-corrected chi connectivity index (χ1v) is 14.3. The van der Waals surface area contributed by atoms with Gasteiger partial charge in [0.2, 0.25) is 5.91 Å². The van der Waals surface area contributed by atoms with Crippen molar-refractivity contribution in [3.63, 3.8) is 0 Å². The van der Waals surface area contributed by atoms with Gasteiger partial charge in [0.05, 0.1) is 4.91 Å². The lowest BCUT2D eigenvalue weighted by Gasteiger charge is -2.12. The molecule has 1 aliphatic heterocycles. The van der Waals surface area contributed by atoms with Crippen molar-refractivity contribution in [1.82, 2.24) is 9.47 Å². The molecule has 1 aliphatic rings. The van der Waals surface area contributed by atoms with Crippen molar-refractivity contribution in [2.45, 2.75) is 11.4 Å². The molecule has 0 unspecified atom stereocenters. The fourth-order valence-electron chi connectivity index (χ4n) is 4.18. The van der Waals surface area contributed by atoms with Crippen LogP contribution in [0.15, 0.2) is 82.7 Å². The van der Waals surface area contributed by atoms with Gasteiger partial charge in [-0.05, 0) is 66.1 Å². The molecule has 6 nitrogen and oxygen atoms in total. The van der Waals surface area contributed by atoms with Gasteiger partial charge in [0.25, 0.3) is 11.1 Å². The number of benzene rings is 3. The van der Waals surface area contributed by atoms with E-state index in [9.17, 15) is 14.4 Å². The molecule has 5 rings (SSSR count). The summed E-state index contributed by atoms with van der Waals surface area (Å²) in [5.41, 5.74) is 3.25. The Hall–Kier alpha value is -3.17. The fraction of sp³-hybridized carbons (Fsp3) is 0.107. The minimum atomic E-state index is -0.495. The predicted octanol–water partition coefficient (Wildman–Crippen LogP) is 7.39. The second kappa shape index (κ2) is 11.3. The van der Waals surface area contributed by atoms with Crippen molar-refractivity contribution >= 4 is 86.4 Å². The molecule has 10 heteroatoms. The van der Waals surface area contributed by atoms with E-state index < -0.39 is 17.1 Å². The van der Waals surface area contributed by atoms with Crippen molar-refractivity contribution in [2.24, 2.45) is 0 Å². The maximum absolute atomic E-state index is 13.1. The van der Waals surface area contributed by atoms with Crippen molar-refractivity contribution in [1.29, 1.82) is 0 Å². The topological polar surface area (TPSA) is 71.4 Å². The minimum Gasteiger partial charge on any atom is -0.342 e. The quantitative estimate of drug-likeness (QED) is 0.182. The first-order valence-electron chi connectivity index (χ1n) is 11.5. The number of thioether (sulfide) groups is 2. The number of carbonyl (C=O) groups is 3. The maximum atomic E-state index is 13.1. The van der Waals surface area contributed by atoms with Crippen LogP contribution in [0, 0.1) is 0 Å². The van der Waals surface area contributed by atoms with Crippen LogP contribution in [-0.4, -0.2) is 39.3 Å². The molecule has 0 atom stereocenters. The number of nitrogens with one attached hydrogen (secondary N) is 1. The molecule has 0 saturated carbocycles. The highest BCUT2D eigenvalue weighted by molar-refractivity contribution is 8.18. The summed E-state index contributed by atoms with van der Waals surface area (Å²) < 4.78 is 2.04. The lowest BCUT2D eigenvalue weighted by atomic mass is 10.1. The molecule has 1 aromatic heterocycles. The third-order valence-corrected chi connectivity index (χ3v) is 8.21. The van der Waals surface area contributed by atoms with E-state index in [1.54, 1.807) is 36.0 Å². The number of halogens is 2. The highest BCUT2D eigenvalue weighted by Crippen LogP contribution is 2.34. The summed E-state index contributed by atoms with van der Waals surface area (Å²) in [6.45, 7) is 0.145. The third kappa shape index (κ3) is 5.63. The molecular weight excluding hydrogens is 561 g/mol. The Morgan fingerprint density at radius 3 is 2.66 bits per heavy atom. The molecule has 3 aromatic carbocycles. The Kier molecular flexibility index (Phi) is 7.85. The molecule has 1 saturated heterocycles. The summed E-state index contributed by atoms with van der Waals surface area (Å²) in [6, 6.07) is 20.5. The van der Waals surface area contributed by atoms with Gasteiger partial charge in [-0.3, -0.25) is 19.3 Å². The molecule has 192 valence electrons. The van der Waals surface area contributed by atoms with Crippen LogP contribution in [0.5, 0.6) is 0 Å². The van der Waals surface area contributed by atoms with Crippen LogP contribution in [0.3, 0.4) is 0 Å². The molecule has 0 bridgehead atoms. The van der Waals surface area contributed by atoms with E-state index in [0.29, 0.717) is 22.3 Å². The fourth-order valence-corrected chi connectivity index (χ4v) is 5.93. The highest BCUT2D eigenvalue weighted by Gasteiger charge is 2.36. The molecule has 0 spiro atoms. The molecule has 38 heavy (non-hydrogen) atoms. The first kappa shape index (κ1) is 26.4. The van der Waals surface area contributed by atoms with E-state index in [4.69, 9.17) is 23.2 Å². The number of carbonyl (C=O) groups excluding carboxylic acids is 3. The smallest absolute Gasteiger partial charge is 0.294 e. The monoisotopic (exact) mass is 581 g/mol. The Bertz CT molecular complexity index is 1620. The standard InChI is InChI=1S/C28H21Cl2N3O3S2/c1-37-21-6-4-5-20(13-21)31-26(34)16-33-27(35)25(38-28(33)36)11-18-15-32(24-8-3-2-7-22(18)24)14-17-9-10-19(29)12-23(17)30/h2-13,15H,14,16H2,1H3,(H,31,34)/b25-11+. The lowest BCUT2D eigenvalue weighted by Crippen LogP contribution is -2.36. The molecule has 2 heterocycles. The van der Waals surface area contributed by atoms with Gasteiger partial charge in [0.15, 0.2) is 0 Å². The Labute approximate surface area is 238 Å². The zero-order chi connectivity index (χ0) is 26.8. The van der Waals surface area contributed by atoms with E-state index in [-0.39, 0.29) is 11.4 Å². The number of imide groups is 1. The number of fused-ring (bicyclic) bond motifs is 1. The number of anilines is 1. The van der Waals surface area contributed by atoms with Gasteiger partial charge in [-0.1, -0.05) is 53.5 Å². The Morgan fingerprint density at radius 1 is 1.05 bits per heavy atom. The Balaban J connectivity index is 1.37. The first-order chi connectivity index (χ1) is 18.3. The number of rotatable bonds is 7. The number of para-hydroxylation sites is 1. The Morgan fingerprint density at radius 2 is 1.87 bits per heavy atom. The van der Waals surface area contributed by atoms with Crippen molar-refractivity contribution in [3.8, 4) is 0 Å². The summed E-state index contributed by atoms with van der Waals surface area (Å²) in [5, 5.41) is 4.34.